The van der Waals surface area contributed by atoms with E-state index in [0.29, 0.717) is 13.1 Å². The van der Waals surface area contributed by atoms with E-state index in [1.54, 1.807) is 6.92 Å². The second-order valence-electron chi connectivity index (χ2n) is 6.29. The third kappa shape index (κ3) is 10.4. The number of hydrogen-bond acceptors (Lipinski definition) is 6. The van der Waals surface area contributed by atoms with Crippen LogP contribution in [-0.4, -0.2) is 18.5 Å². The number of rotatable bonds is 8. The van der Waals surface area contributed by atoms with Crippen molar-refractivity contribution in [2.24, 2.45) is 11.5 Å². The molecule has 0 atom stereocenters. The maximum atomic E-state index is 12.0. The van der Waals surface area contributed by atoms with Crippen molar-refractivity contribution >= 4 is 37.0 Å². The first-order valence-corrected chi connectivity index (χ1v) is 9.41. The molecule has 0 radical (unpaired) electrons. The minimum atomic E-state index is -1.33. The quantitative estimate of drug-likeness (QED) is 0.338. The van der Waals surface area contributed by atoms with Crippen molar-refractivity contribution < 1.29 is 19.1 Å². The molecule has 8 nitrogen and oxygen atoms in total. The molecule has 2 rings (SSSR count). The number of carbonyl (C=O) groups excluding carboxylic acids is 2. The van der Waals surface area contributed by atoms with Crippen molar-refractivity contribution in [3.63, 3.8) is 0 Å². The summed E-state index contributed by atoms with van der Waals surface area (Å²) in [6.07, 6.45) is -2.85. The van der Waals surface area contributed by atoms with Gasteiger partial charge in [-0.15, -0.1) is 24.8 Å². The molecule has 0 bridgehead atoms. The van der Waals surface area contributed by atoms with Crippen LogP contribution in [-0.2, 0) is 35.7 Å². The van der Waals surface area contributed by atoms with Crippen LogP contribution in [0.4, 0.5) is 9.59 Å². The molecular weight excluding hydrogens is 455 g/mol. The van der Waals surface area contributed by atoms with Gasteiger partial charge in [-0.05, 0) is 35.1 Å². The summed E-state index contributed by atoms with van der Waals surface area (Å²) in [6.45, 7) is 2.84. The monoisotopic (exact) mass is 482 g/mol. The zero-order valence-corrected chi connectivity index (χ0v) is 19.3. The van der Waals surface area contributed by atoms with Crippen molar-refractivity contribution in [1.29, 1.82) is 0 Å². The minimum absolute atomic E-state index is 0. The summed E-state index contributed by atoms with van der Waals surface area (Å²) in [6, 6.07) is 15.0. The van der Waals surface area contributed by atoms with E-state index in [9.17, 15) is 9.59 Å². The third-order valence-electron chi connectivity index (χ3n) is 4.02. The van der Waals surface area contributed by atoms with Gasteiger partial charge in [0.1, 0.15) is 0 Å². The Balaban J connectivity index is 0.00000480. The number of halogens is 2. The number of hydrogen-bond donors (Lipinski definition) is 4. The molecule has 0 aliphatic heterocycles. The molecule has 6 N–H and O–H groups in total. The van der Waals surface area contributed by atoms with Gasteiger partial charge in [0, 0.05) is 26.2 Å². The average Bonchev–Trinajstić information content (AvgIpc) is 2.76. The second kappa shape index (κ2) is 15.8. The number of benzene rings is 2. The van der Waals surface area contributed by atoms with Gasteiger partial charge in [0.05, 0.1) is 0 Å². The van der Waals surface area contributed by atoms with E-state index >= 15 is 0 Å². The molecule has 0 unspecified atom stereocenters. The topological polar surface area (TPSA) is 129 Å². The van der Waals surface area contributed by atoms with Crippen molar-refractivity contribution in [2.75, 3.05) is 0 Å². The molecule has 0 saturated carbocycles. The fraction of sp³-hybridized carbons (Fsp3) is 0.273. The van der Waals surface area contributed by atoms with E-state index in [4.69, 9.17) is 20.9 Å². The second-order valence-corrected chi connectivity index (χ2v) is 6.29. The van der Waals surface area contributed by atoms with Gasteiger partial charge in [0.25, 0.3) is 0 Å². The van der Waals surface area contributed by atoms with E-state index in [1.807, 2.05) is 48.5 Å². The Kier molecular flexibility index (Phi) is 14.3. The summed E-state index contributed by atoms with van der Waals surface area (Å²) in [5, 5.41) is 5.18. The molecular formula is C22H28Cl2N4O4. The molecule has 2 amide bonds. The highest BCUT2D eigenvalue weighted by Gasteiger charge is 2.16. The summed E-state index contributed by atoms with van der Waals surface area (Å²) in [4.78, 5) is 24.1. The lowest BCUT2D eigenvalue weighted by Crippen LogP contribution is -2.34. The van der Waals surface area contributed by atoms with Gasteiger partial charge in [0.2, 0.25) is 0 Å². The molecule has 0 heterocycles. The Hall–Kier alpha value is -2.96. The zero-order chi connectivity index (χ0) is 21.8. The standard InChI is InChI=1S/C22H26N4O4.2ClH/c1-2-5-20(29-21(27)25-14-18-8-3-6-16(10-18)12-23)30-22(28)26-15-19-9-4-7-17(11-19)13-24;;/h3-4,6-11,20H,12-15,23-24H2,1H3,(H,25,27)(H,26,28);2*1H. The van der Waals surface area contributed by atoms with Crippen molar-refractivity contribution in [3.8, 4) is 11.8 Å². The van der Waals surface area contributed by atoms with Gasteiger partial charge in [-0.1, -0.05) is 54.5 Å². The molecule has 0 aliphatic rings. The van der Waals surface area contributed by atoms with Gasteiger partial charge >= 0.3 is 18.5 Å². The van der Waals surface area contributed by atoms with Gasteiger partial charge in [-0.3, -0.25) is 0 Å². The lowest BCUT2D eigenvalue weighted by atomic mass is 10.1. The number of nitrogens with two attached hydrogens (primary N) is 2. The average molecular weight is 483 g/mol. The lowest BCUT2D eigenvalue weighted by Gasteiger charge is -2.15. The van der Waals surface area contributed by atoms with Crippen LogP contribution in [0.1, 0.15) is 29.2 Å². The van der Waals surface area contributed by atoms with Crippen LogP contribution in [0.2, 0.25) is 0 Å². The maximum absolute atomic E-state index is 12.0. The maximum Gasteiger partial charge on any atom is 0.411 e. The smallest absolute Gasteiger partial charge is 0.397 e. The number of alkyl carbamates (subject to hydrolysis) is 2. The molecule has 0 fully saturated rings. The Morgan fingerprint density at radius 2 is 1.25 bits per heavy atom. The van der Waals surface area contributed by atoms with Crippen LogP contribution < -0.4 is 22.1 Å². The highest BCUT2D eigenvalue weighted by atomic mass is 35.5. The number of ether oxygens (including phenoxy) is 2. The number of nitrogens with one attached hydrogen (secondary N) is 2. The summed E-state index contributed by atoms with van der Waals surface area (Å²) in [5.74, 6) is 5.10. The predicted molar refractivity (Wildman–Crippen MR) is 127 cm³/mol. The van der Waals surface area contributed by atoms with Crippen molar-refractivity contribution in [3.05, 3.63) is 70.8 Å². The molecule has 10 heteroatoms. The summed E-state index contributed by atoms with van der Waals surface area (Å²) < 4.78 is 10.2. The normalized spacial score (nSPS) is 9.38. The SMILES string of the molecule is CC#CC(OC(=O)NCc1cccc(CN)c1)OC(=O)NCc1cccc(CN)c1.Cl.Cl. The van der Waals surface area contributed by atoms with E-state index < -0.39 is 18.5 Å². The van der Waals surface area contributed by atoms with Crippen molar-refractivity contribution in [1.82, 2.24) is 10.6 Å². The molecule has 0 saturated heterocycles. The first-order valence-electron chi connectivity index (χ1n) is 9.41. The van der Waals surface area contributed by atoms with Crippen LogP contribution in [0.15, 0.2) is 48.5 Å². The summed E-state index contributed by atoms with van der Waals surface area (Å²) in [7, 11) is 0. The summed E-state index contributed by atoms with van der Waals surface area (Å²) in [5.41, 5.74) is 14.9. The highest BCUT2D eigenvalue weighted by Crippen LogP contribution is 2.06. The minimum Gasteiger partial charge on any atom is -0.397 e. The molecule has 2 aromatic carbocycles. The van der Waals surface area contributed by atoms with E-state index in [1.165, 1.54) is 0 Å². The summed E-state index contributed by atoms with van der Waals surface area (Å²) >= 11 is 0. The molecule has 0 spiro atoms. The first-order chi connectivity index (χ1) is 14.5. The van der Waals surface area contributed by atoms with Crippen LogP contribution in [0.25, 0.3) is 0 Å². The van der Waals surface area contributed by atoms with Crippen LogP contribution in [0, 0.1) is 11.8 Å². The highest BCUT2D eigenvalue weighted by molar-refractivity contribution is 5.85. The van der Waals surface area contributed by atoms with E-state index in [-0.39, 0.29) is 37.9 Å². The van der Waals surface area contributed by atoms with Gasteiger partial charge in [-0.2, -0.15) is 0 Å². The third-order valence-corrected chi connectivity index (χ3v) is 4.02. The molecule has 0 aliphatic carbocycles. The Morgan fingerprint density at radius 3 is 1.62 bits per heavy atom. The number of carbonyl (C=O) groups is 2. The van der Waals surface area contributed by atoms with E-state index in [2.05, 4.69) is 22.5 Å². The molecule has 0 aromatic heterocycles. The van der Waals surface area contributed by atoms with Gasteiger partial charge in [0.15, 0.2) is 0 Å². The van der Waals surface area contributed by atoms with Gasteiger partial charge < -0.3 is 31.6 Å². The zero-order valence-electron chi connectivity index (χ0n) is 17.6. The number of amides is 2. The predicted octanol–water partition coefficient (Wildman–Crippen LogP) is 2.95. The fourth-order valence-corrected chi connectivity index (χ4v) is 2.56. The Bertz CT molecular complexity index is 866. The fourth-order valence-electron chi connectivity index (χ4n) is 2.56. The van der Waals surface area contributed by atoms with Crippen LogP contribution in [0.3, 0.4) is 0 Å². The largest absolute Gasteiger partial charge is 0.411 e. The van der Waals surface area contributed by atoms with Crippen LogP contribution >= 0.6 is 24.8 Å². The Morgan fingerprint density at radius 1 is 0.844 bits per heavy atom. The van der Waals surface area contributed by atoms with Gasteiger partial charge in [-0.25, -0.2) is 9.59 Å². The molecule has 174 valence electrons. The van der Waals surface area contributed by atoms with Crippen LogP contribution in [0.5, 0.6) is 0 Å². The molecule has 2 aromatic rings. The molecule has 32 heavy (non-hydrogen) atoms. The first kappa shape index (κ1) is 29.0. The van der Waals surface area contributed by atoms with Crippen molar-refractivity contribution in [2.45, 2.75) is 39.4 Å². The Labute approximate surface area is 200 Å². The lowest BCUT2D eigenvalue weighted by molar-refractivity contribution is -0.0229. The van der Waals surface area contributed by atoms with E-state index in [0.717, 1.165) is 22.3 Å².